The van der Waals surface area contributed by atoms with Crippen LogP contribution in [0.25, 0.3) is 0 Å². The van der Waals surface area contributed by atoms with Crippen molar-refractivity contribution in [1.82, 2.24) is 14.8 Å². The Hall–Kier alpha value is -1.43. The number of primary amides is 1. The number of amides is 1. The summed E-state index contributed by atoms with van der Waals surface area (Å²) in [4.78, 5) is 14.2. The zero-order valence-electron chi connectivity index (χ0n) is 5.93. The fourth-order valence-electron chi connectivity index (χ4n) is 0.546. The molecule has 11 heavy (non-hydrogen) atoms. The van der Waals surface area contributed by atoms with Gasteiger partial charge in [0.25, 0.3) is 5.91 Å². The minimum atomic E-state index is -1.80. The number of carbonyl (C=O) groups is 1. The summed E-state index contributed by atoms with van der Waals surface area (Å²) in [7, 11) is 0. The number of rotatable bonds is 2. The second-order valence-electron chi connectivity index (χ2n) is 2.23. The molecule has 1 rings (SSSR count). The van der Waals surface area contributed by atoms with E-state index < -0.39 is 11.6 Å². The molecule has 1 aromatic heterocycles. The van der Waals surface area contributed by atoms with E-state index in [0.29, 0.717) is 0 Å². The van der Waals surface area contributed by atoms with Crippen molar-refractivity contribution in [1.29, 1.82) is 0 Å². The topological polar surface area (TPSA) is 94.0 Å². The number of nitrogens with two attached hydrogens (primary N) is 1. The Bertz CT molecular complexity index is 253. The van der Waals surface area contributed by atoms with Crippen molar-refractivity contribution in [3.63, 3.8) is 0 Å². The Kier molecular flexibility index (Phi) is 1.61. The predicted octanol–water partition coefficient (Wildman–Crippen LogP) is -1.57. The van der Waals surface area contributed by atoms with E-state index in [1.165, 1.54) is 19.6 Å². The summed E-state index contributed by atoms with van der Waals surface area (Å²) < 4.78 is 0.981. The van der Waals surface area contributed by atoms with Gasteiger partial charge in [-0.1, -0.05) is 0 Å². The Morgan fingerprint density at radius 3 is 2.82 bits per heavy atom. The molecule has 0 aromatic carbocycles. The minimum absolute atomic E-state index is 0.872. The first-order chi connectivity index (χ1) is 5.05. The summed E-state index contributed by atoms with van der Waals surface area (Å²) in [5.41, 5.74) is 3.09. The number of aromatic nitrogens is 3. The van der Waals surface area contributed by atoms with E-state index in [1.807, 2.05) is 0 Å². The Labute approximate surface area is 62.6 Å². The van der Waals surface area contributed by atoms with Crippen LogP contribution in [-0.4, -0.2) is 25.8 Å². The summed E-state index contributed by atoms with van der Waals surface area (Å²) in [5.74, 6) is -0.872. The van der Waals surface area contributed by atoms with E-state index in [-0.39, 0.29) is 0 Å². The average molecular weight is 156 g/mol. The van der Waals surface area contributed by atoms with Gasteiger partial charge >= 0.3 is 0 Å². The predicted molar refractivity (Wildman–Crippen MR) is 35.1 cm³/mol. The second kappa shape index (κ2) is 2.31. The molecule has 3 N–H and O–H groups in total. The summed E-state index contributed by atoms with van der Waals surface area (Å²) in [6.45, 7) is 1.24. The monoisotopic (exact) mass is 156 g/mol. The van der Waals surface area contributed by atoms with Crippen molar-refractivity contribution < 1.29 is 9.90 Å². The van der Waals surface area contributed by atoms with Crippen LogP contribution in [0.2, 0.25) is 0 Å². The summed E-state index contributed by atoms with van der Waals surface area (Å²) in [6.07, 6.45) is 2.42. The lowest BCUT2D eigenvalue weighted by Gasteiger charge is -2.17. The zero-order chi connectivity index (χ0) is 8.48. The Morgan fingerprint density at radius 2 is 2.45 bits per heavy atom. The van der Waals surface area contributed by atoms with E-state index in [2.05, 4.69) is 10.1 Å². The molecule has 1 atom stereocenters. The lowest BCUT2D eigenvalue weighted by molar-refractivity contribution is -0.145. The molecule has 0 aliphatic carbocycles. The third-order valence-corrected chi connectivity index (χ3v) is 1.33. The molecule has 0 bridgehead atoms. The fraction of sp³-hybridized carbons (Fsp3) is 0.400. The van der Waals surface area contributed by atoms with Crippen LogP contribution in [0, 0.1) is 0 Å². The number of nitrogens with zero attached hydrogens (tertiary/aromatic N) is 3. The number of aliphatic hydroxyl groups is 1. The van der Waals surface area contributed by atoms with Gasteiger partial charge in [0.1, 0.15) is 12.7 Å². The highest BCUT2D eigenvalue weighted by molar-refractivity contribution is 5.80. The SMILES string of the molecule is CC(O)(C(N)=O)n1cncn1. The fourth-order valence-corrected chi connectivity index (χ4v) is 0.546. The van der Waals surface area contributed by atoms with Crippen LogP contribution in [0.1, 0.15) is 6.92 Å². The van der Waals surface area contributed by atoms with Crippen molar-refractivity contribution in [2.45, 2.75) is 12.6 Å². The van der Waals surface area contributed by atoms with E-state index in [1.54, 1.807) is 0 Å². The molecule has 60 valence electrons. The molecule has 0 aliphatic heterocycles. The van der Waals surface area contributed by atoms with Crippen LogP contribution < -0.4 is 5.73 Å². The maximum atomic E-state index is 10.6. The van der Waals surface area contributed by atoms with Gasteiger partial charge < -0.3 is 10.8 Å². The molecule has 0 spiro atoms. The molecule has 1 unspecified atom stereocenters. The summed E-state index contributed by atoms with van der Waals surface area (Å²) >= 11 is 0. The van der Waals surface area contributed by atoms with E-state index in [0.717, 1.165) is 4.68 Å². The molecule has 6 nitrogen and oxygen atoms in total. The van der Waals surface area contributed by atoms with Crippen LogP contribution in [0.4, 0.5) is 0 Å². The van der Waals surface area contributed by atoms with Gasteiger partial charge in [0, 0.05) is 0 Å². The third kappa shape index (κ3) is 1.20. The molecule has 6 heteroatoms. The first-order valence-corrected chi connectivity index (χ1v) is 2.92. The molecule has 0 fully saturated rings. The van der Waals surface area contributed by atoms with Gasteiger partial charge in [-0.3, -0.25) is 4.79 Å². The van der Waals surface area contributed by atoms with Crippen LogP contribution in [0.15, 0.2) is 12.7 Å². The molecule has 1 amide bonds. The van der Waals surface area contributed by atoms with Crippen LogP contribution in [0.5, 0.6) is 0 Å². The van der Waals surface area contributed by atoms with Gasteiger partial charge in [0.05, 0.1) is 0 Å². The third-order valence-electron chi connectivity index (χ3n) is 1.33. The van der Waals surface area contributed by atoms with Gasteiger partial charge in [-0.2, -0.15) is 5.10 Å². The normalized spacial score (nSPS) is 15.8. The van der Waals surface area contributed by atoms with E-state index in [4.69, 9.17) is 5.73 Å². The zero-order valence-corrected chi connectivity index (χ0v) is 5.93. The molecule has 1 heterocycles. The maximum Gasteiger partial charge on any atom is 0.272 e. The first kappa shape index (κ1) is 7.67. The largest absolute Gasteiger partial charge is 0.365 e. The molecule has 0 saturated heterocycles. The highest BCUT2D eigenvalue weighted by Crippen LogP contribution is 2.06. The van der Waals surface area contributed by atoms with E-state index >= 15 is 0 Å². The lowest BCUT2D eigenvalue weighted by Crippen LogP contribution is -2.43. The second-order valence-corrected chi connectivity index (χ2v) is 2.23. The van der Waals surface area contributed by atoms with Crippen LogP contribution in [0.3, 0.4) is 0 Å². The lowest BCUT2D eigenvalue weighted by atomic mass is 10.2. The molecule has 0 aliphatic rings. The highest BCUT2D eigenvalue weighted by atomic mass is 16.3. The summed E-state index contributed by atoms with van der Waals surface area (Å²) in [6, 6.07) is 0. The smallest absolute Gasteiger partial charge is 0.272 e. The molecule has 0 radical (unpaired) electrons. The van der Waals surface area contributed by atoms with Gasteiger partial charge in [-0.05, 0) is 6.92 Å². The van der Waals surface area contributed by atoms with Crippen LogP contribution >= 0.6 is 0 Å². The Morgan fingerprint density at radius 1 is 1.82 bits per heavy atom. The van der Waals surface area contributed by atoms with Crippen molar-refractivity contribution in [2.75, 3.05) is 0 Å². The van der Waals surface area contributed by atoms with Crippen molar-refractivity contribution in [3.05, 3.63) is 12.7 Å². The van der Waals surface area contributed by atoms with E-state index in [9.17, 15) is 9.90 Å². The molecule has 0 saturated carbocycles. The molecular weight excluding hydrogens is 148 g/mol. The average Bonchev–Trinajstić information content (AvgIpc) is 2.37. The van der Waals surface area contributed by atoms with Gasteiger partial charge in [-0.25, -0.2) is 9.67 Å². The Balaban J connectivity index is 3.00. The van der Waals surface area contributed by atoms with Crippen molar-refractivity contribution >= 4 is 5.91 Å². The van der Waals surface area contributed by atoms with Crippen molar-refractivity contribution in [2.24, 2.45) is 5.73 Å². The number of hydrogen-bond donors (Lipinski definition) is 2. The highest BCUT2D eigenvalue weighted by Gasteiger charge is 2.30. The van der Waals surface area contributed by atoms with Gasteiger partial charge in [-0.15, -0.1) is 0 Å². The maximum absolute atomic E-state index is 10.6. The summed E-state index contributed by atoms with van der Waals surface area (Å²) in [5, 5.41) is 12.9. The number of carbonyl (C=O) groups excluding carboxylic acids is 1. The standard InChI is InChI=1S/C5H8N4O2/c1-5(11,4(6)10)9-3-7-2-8-9/h2-3,11H,1H3,(H2,6,10). The van der Waals surface area contributed by atoms with Crippen LogP contribution in [-0.2, 0) is 10.5 Å². The van der Waals surface area contributed by atoms with Crippen molar-refractivity contribution in [3.8, 4) is 0 Å². The molecule has 1 aromatic rings. The minimum Gasteiger partial charge on any atom is -0.365 e. The number of hydrogen-bond acceptors (Lipinski definition) is 4. The molecular formula is C5H8N4O2. The van der Waals surface area contributed by atoms with Gasteiger partial charge in [0.15, 0.2) is 0 Å². The first-order valence-electron chi connectivity index (χ1n) is 2.92. The quantitative estimate of drug-likeness (QED) is 0.540. The van der Waals surface area contributed by atoms with Gasteiger partial charge in [0.2, 0.25) is 5.72 Å².